The van der Waals surface area contributed by atoms with Crippen molar-refractivity contribution in [1.29, 1.82) is 0 Å². The molecule has 1 amide bonds. The summed E-state index contributed by atoms with van der Waals surface area (Å²) in [6.07, 6.45) is 4.65. The van der Waals surface area contributed by atoms with E-state index in [0.29, 0.717) is 17.6 Å². The number of nitrogens with one attached hydrogen (secondary N) is 1. The van der Waals surface area contributed by atoms with Crippen molar-refractivity contribution >= 4 is 5.91 Å². The van der Waals surface area contributed by atoms with Crippen molar-refractivity contribution < 1.29 is 9.18 Å². The Morgan fingerprint density at radius 2 is 2.15 bits per heavy atom. The van der Waals surface area contributed by atoms with Crippen molar-refractivity contribution in [1.82, 2.24) is 10.2 Å². The van der Waals surface area contributed by atoms with Gasteiger partial charge in [0.15, 0.2) is 0 Å². The number of hydrogen-bond donors (Lipinski definition) is 1. The predicted molar refractivity (Wildman–Crippen MR) is 75.9 cm³/mol. The molecule has 2 heterocycles. The van der Waals surface area contributed by atoms with Gasteiger partial charge in [-0.3, -0.25) is 4.79 Å². The summed E-state index contributed by atoms with van der Waals surface area (Å²) in [6, 6.07) is 7.30. The molecule has 3 nitrogen and oxygen atoms in total. The highest BCUT2D eigenvalue weighted by molar-refractivity contribution is 5.79. The van der Waals surface area contributed by atoms with E-state index in [9.17, 15) is 9.18 Å². The first-order valence-electron chi connectivity index (χ1n) is 7.52. The SMILES string of the molecule is O=C(Cc1ccccc1F)N1CCCC1C1CCCN1. The fourth-order valence-corrected chi connectivity index (χ4v) is 3.47. The van der Waals surface area contributed by atoms with Gasteiger partial charge in [0.05, 0.1) is 6.42 Å². The summed E-state index contributed by atoms with van der Waals surface area (Å²) in [4.78, 5) is 14.4. The van der Waals surface area contributed by atoms with E-state index in [1.165, 1.54) is 12.5 Å². The van der Waals surface area contributed by atoms with E-state index in [4.69, 9.17) is 0 Å². The largest absolute Gasteiger partial charge is 0.338 e. The lowest BCUT2D eigenvalue weighted by atomic mass is 10.0. The fraction of sp³-hybridized carbons (Fsp3) is 0.562. The van der Waals surface area contributed by atoms with Gasteiger partial charge in [0, 0.05) is 18.6 Å². The van der Waals surface area contributed by atoms with Gasteiger partial charge in [-0.05, 0) is 43.9 Å². The topological polar surface area (TPSA) is 32.3 Å². The van der Waals surface area contributed by atoms with Crippen LogP contribution in [-0.4, -0.2) is 36.0 Å². The molecule has 4 heteroatoms. The molecular formula is C16H21FN2O. The van der Waals surface area contributed by atoms with Crippen molar-refractivity contribution in [2.75, 3.05) is 13.1 Å². The zero-order chi connectivity index (χ0) is 13.9. The van der Waals surface area contributed by atoms with Crippen LogP contribution in [0.5, 0.6) is 0 Å². The van der Waals surface area contributed by atoms with Crippen LogP contribution in [0.4, 0.5) is 4.39 Å². The van der Waals surface area contributed by atoms with Crippen LogP contribution >= 0.6 is 0 Å². The summed E-state index contributed by atoms with van der Waals surface area (Å²) in [5.74, 6) is -0.220. The lowest BCUT2D eigenvalue weighted by molar-refractivity contribution is -0.131. The Bertz CT molecular complexity index is 485. The standard InChI is InChI=1S/C16H21FN2O/c17-13-6-2-1-5-12(13)11-16(20)19-10-4-8-15(19)14-7-3-9-18-14/h1-2,5-6,14-15,18H,3-4,7-11H2. The van der Waals surface area contributed by atoms with Crippen LogP contribution in [0, 0.1) is 5.82 Å². The van der Waals surface area contributed by atoms with Crippen molar-refractivity contribution in [3.63, 3.8) is 0 Å². The predicted octanol–water partition coefficient (Wildman–Crippen LogP) is 2.11. The van der Waals surface area contributed by atoms with Crippen LogP contribution in [0.25, 0.3) is 0 Å². The lowest BCUT2D eigenvalue weighted by Gasteiger charge is -2.29. The second kappa shape index (κ2) is 5.92. The molecule has 2 atom stereocenters. The van der Waals surface area contributed by atoms with Gasteiger partial charge in [-0.1, -0.05) is 18.2 Å². The Morgan fingerprint density at radius 1 is 1.30 bits per heavy atom. The van der Waals surface area contributed by atoms with Gasteiger partial charge < -0.3 is 10.2 Å². The third kappa shape index (κ3) is 2.70. The summed E-state index contributed by atoms with van der Waals surface area (Å²) >= 11 is 0. The van der Waals surface area contributed by atoms with E-state index < -0.39 is 0 Å². The normalized spacial score (nSPS) is 26.1. The molecule has 3 rings (SSSR count). The first kappa shape index (κ1) is 13.6. The molecular weight excluding hydrogens is 255 g/mol. The molecule has 0 aromatic heterocycles. The third-order valence-electron chi connectivity index (χ3n) is 4.48. The molecule has 2 aliphatic rings. The molecule has 1 aromatic rings. The summed E-state index contributed by atoms with van der Waals surface area (Å²) < 4.78 is 13.7. The zero-order valence-electron chi connectivity index (χ0n) is 11.6. The maximum absolute atomic E-state index is 13.7. The second-order valence-electron chi connectivity index (χ2n) is 5.77. The van der Waals surface area contributed by atoms with Gasteiger partial charge in [0.25, 0.3) is 0 Å². The summed E-state index contributed by atoms with van der Waals surface area (Å²) in [5, 5.41) is 3.49. The van der Waals surface area contributed by atoms with Crippen molar-refractivity contribution in [3.05, 3.63) is 35.6 Å². The average molecular weight is 276 g/mol. The van der Waals surface area contributed by atoms with Gasteiger partial charge >= 0.3 is 0 Å². The third-order valence-corrected chi connectivity index (χ3v) is 4.48. The van der Waals surface area contributed by atoms with Crippen LogP contribution in [-0.2, 0) is 11.2 Å². The number of carbonyl (C=O) groups excluding carboxylic acids is 1. The highest BCUT2D eigenvalue weighted by Gasteiger charge is 2.35. The average Bonchev–Trinajstić information content (AvgIpc) is 3.11. The molecule has 0 bridgehead atoms. The van der Waals surface area contributed by atoms with Gasteiger partial charge in [-0.2, -0.15) is 0 Å². The van der Waals surface area contributed by atoms with Gasteiger partial charge in [-0.25, -0.2) is 4.39 Å². The Kier molecular flexibility index (Phi) is 4.01. The minimum atomic E-state index is -0.282. The molecule has 0 aliphatic carbocycles. The number of nitrogens with zero attached hydrogens (tertiary/aromatic N) is 1. The first-order valence-corrected chi connectivity index (χ1v) is 7.52. The Hall–Kier alpha value is -1.42. The fourth-order valence-electron chi connectivity index (χ4n) is 3.47. The highest BCUT2D eigenvalue weighted by Crippen LogP contribution is 2.25. The van der Waals surface area contributed by atoms with E-state index >= 15 is 0 Å². The molecule has 0 saturated carbocycles. The molecule has 1 aromatic carbocycles. The maximum Gasteiger partial charge on any atom is 0.227 e. The van der Waals surface area contributed by atoms with Crippen molar-refractivity contribution in [2.45, 2.75) is 44.2 Å². The number of amides is 1. The molecule has 0 radical (unpaired) electrons. The highest BCUT2D eigenvalue weighted by atomic mass is 19.1. The summed E-state index contributed by atoms with van der Waals surface area (Å²) in [5.41, 5.74) is 0.502. The van der Waals surface area contributed by atoms with E-state index in [1.54, 1.807) is 18.2 Å². The molecule has 0 spiro atoms. The van der Waals surface area contributed by atoms with Crippen LogP contribution in [0.3, 0.4) is 0 Å². The quantitative estimate of drug-likeness (QED) is 0.917. The van der Waals surface area contributed by atoms with E-state index in [-0.39, 0.29) is 18.1 Å². The minimum Gasteiger partial charge on any atom is -0.338 e. The number of carbonyl (C=O) groups is 1. The number of rotatable bonds is 3. The molecule has 2 fully saturated rings. The molecule has 2 aliphatic heterocycles. The minimum absolute atomic E-state index is 0.0614. The number of hydrogen-bond acceptors (Lipinski definition) is 2. The summed E-state index contributed by atoms with van der Waals surface area (Å²) in [6.45, 7) is 1.87. The van der Waals surface area contributed by atoms with E-state index in [1.807, 2.05) is 4.90 Å². The number of likely N-dealkylation sites (tertiary alicyclic amines) is 1. The Balaban J connectivity index is 1.68. The molecule has 1 N–H and O–H groups in total. The van der Waals surface area contributed by atoms with E-state index in [2.05, 4.69) is 5.32 Å². The van der Waals surface area contributed by atoms with Crippen molar-refractivity contribution in [3.8, 4) is 0 Å². The molecule has 2 unspecified atom stereocenters. The van der Waals surface area contributed by atoms with Crippen LogP contribution in [0.1, 0.15) is 31.2 Å². The molecule has 108 valence electrons. The number of halogens is 1. The van der Waals surface area contributed by atoms with E-state index in [0.717, 1.165) is 32.4 Å². The molecule has 2 saturated heterocycles. The van der Waals surface area contributed by atoms with Gasteiger partial charge in [0.1, 0.15) is 5.82 Å². The van der Waals surface area contributed by atoms with Crippen molar-refractivity contribution in [2.24, 2.45) is 0 Å². The second-order valence-corrected chi connectivity index (χ2v) is 5.77. The monoisotopic (exact) mass is 276 g/mol. The molecule has 20 heavy (non-hydrogen) atoms. The van der Waals surface area contributed by atoms with Crippen LogP contribution < -0.4 is 5.32 Å². The summed E-state index contributed by atoms with van der Waals surface area (Å²) in [7, 11) is 0. The first-order chi connectivity index (χ1) is 9.75. The van der Waals surface area contributed by atoms with Crippen LogP contribution in [0.2, 0.25) is 0 Å². The number of benzene rings is 1. The lowest BCUT2D eigenvalue weighted by Crippen LogP contribution is -2.47. The zero-order valence-corrected chi connectivity index (χ0v) is 11.6. The smallest absolute Gasteiger partial charge is 0.227 e. The Morgan fingerprint density at radius 3 is 2.90 bits per heavy atom. The van der Waals surface area contributed by atoms with Gasteiger partial charge in [0.2, 0.25) is 5.91 Å². The maximum atomic E-state index is 13.7. The van der Waals surface area contributed by atoms with Crippen LogP contribution in [0.15, 0.2) is 24.3 Å². The van der Waals surface area contributed by atoms with Gasteiger partial charge in [-0.15, -0.1) is 0 Å². The Labute approximate surface area is 119 Å².